The molecule has 1 nitrogen and oxygen atoms in total. The highest BCUT2D eigenvalue weighted by Gasteiger charge is 2.28. The quantitative estimate of drug-likeness (QED) is 0.197. The third kappa shape index (κ3) is 4.41. The molecule has 0 aliphatic heterocycles. The minimum absolute atomic E-state index is 0.697. The Morgan fingerprint density at radius 1 is 0.364 bits per heavy atom. The highest BCUT2D eigenvalue weighted by atomic mass is 35.5. The van der Waals surface area contributed by atoms with Crippen molar-refractivity contribution in [3.05, 3.63) is 169 Å². The van der Waals surface area contributed by atoms with E-state index >= 15 is 0 Å². The van der Waals surface area contributed by atoms with Gasteiger partial charge >= 0.3 is 0 Å². The summed E-state index contributed by atoms with van der Waals surface area (Å²) in [7, 11) is 0. The van der Waals surface area contributed by atoms with Crippen LogP contribution in [0.2, 0.25) is 5.02 Å². The number of hydrogen-bond acceptors (Lipinski definition) is 1. The topological polar surface area (TPSA) is 13.1 Å². The predicted octanol–water partition coefficient (Wildman–Crippen LogP) is 12.6. The molecule has 0 saturated heterocycles. The molecule has 7 aromatic carbocycles. The lowest BCUT2D eigenvalue weighted by Gasteiger charge is -2.22. The van der Waals surface area contributed by atoms with Crippen molar-refractivity contribution in [3.63, 3.8) is 0 Å². The first-order valence-corrected chi connectivity index (χ1v) is 15.2. The number of benzene rings is 7. The largest absolute Gasteiger partial charge is 0.455 e. The summed E-state index contributed by atoms with van der Waals surface area (Å²) in [6.07, 6.45) is 0. The van der Waals surface area contributed by atoms with Crippen molar-refractivity contribution in [2.45, 2.75) is 0 Å². The summed E-state index contributed by atoms with van der Waals surface area (Å²) in [6.45, 7) is 0. The van der Waals surface area contributed by atoms with E-state index in [4.69, 9.17) is 16.0 Å². The van der Waals surface area contributed by atoms with Crippen LogP contribution in [0.25, 0.3) is 77.6 Å². The number of halogens is 1. The zero-order chi connectivity index (χ0) is 29.5. The summed E-state index contributed by atoms with van der Waals surface area (Å²) in [6, 6.07) is 57.2. The fourth-order valence-corrected chi connectivity index (χ4v) is 6.67. The van der Waals surface area contributed by atoms with E-state index in [-0.39, 0.29) is 0 Å². The maximum atomic E-state index is 7.14. The van der Waals surface area contributed by atoms with Gasteiger partial charge in [0.2, 0.25) is 0 Å². The van der Waals surface area contributed by atoms with Crippen LogP contribution < -0.4 is 0 Å². The highest BCUT2D eigenvalue weighted by Crippen LogP contribution is 2.54. The lowest BCUT2D eigenvalue weighted by molar-refractivity contribution is 0.671. The summed E-state index contributed by atoms with van der Waals surface area (Å²) in [5, 5.41) is 2.88. The molecule has 0 bridgehead atoms. The standard InChI is InChI=1S/C42H27ClO/c43-33-24-13-23-32(27-33)34-25-14-26-35-40-38(30-19-9-3-10-20-30)36(28-15-5-1-6-16-28)37(29-17-7-2-8-18-29)39(42(40)44-41(34)35)31-21-11-4-12-22-31/h1-27H. The van der Waals surface area contributed by atoms with Crippen molar-refractivity contribution in [3.8, 4) is 55.6 Å². The molecule has 208 valence electrons. The number of fused-ring (bicyclic) bond motifs is 3. The summed E-state index contributed by atoms with van der Waals surface area (Å²) >= 11 is 6.48. The number of para-hydroxylation sites is 1. The van der Waals surface area contributed by atoms with Gasteiger partial charge in [-0.15, -0.1) is 0 Å². The van der Waals surface area contributed by atoms with E-state index in [1.807, 2.05) is 18.2 Å². The van der Waals surface area contributed by atoms with E-state index in [1.54, 1.807) is 0 Å². The normalized spacial score (nSPS) is 11.3. The van der Waals surface area contributed by atoms with E-state index in [0.717, 1.165) is 72.0 Å². The van der Waals surface area contributed by atoms with Crippen LogP contribution in [0.3, 0.4) is 0 Å². The molecule has 0 spiro atoms. The Morgan fingerprint density at radius 3 is 1.36 bits per heavy atom. The van der Waals surface area contributed by atoms with Crippen LogP contribution in [0.4, 0.5) is 0 Å². The molecule has 0 aliphatic rings. The van der Waals surface area contributed by atoms with Gasteiger partial charge in [0.05, 0.1) is 0 Å². The SMILES string of the molecule is Clc1cccc(-c2cccc3c2oc2c(-c4ccccc4)c(-c4ccccc4)c(-c4ccccc4)c(-c4ccccc4)c23)c1. The number of hydrogen-bond donors (Lipinski definition) is 0. The number of furan rings is 1. The second kappa shape index (κ2) is 11.0. The van der Waals surface area contributed by atoms with Crippen molar-refractivity contribution < 1.29 is 4.42 Å². The molecule has 0 saturated carbocycles. The minimum Gasteiger partial charge on any atom is -0.455 e. The van der Waals surface area contributed by atoms with Gasteiger partial charge in [0, 0.05) is 38.0 Å². The maximum absolute atomic E-state index is 7.14. The van der Waals surface area contributed by atoms with Gasteiger partial charge in [-0.25, -0.2) is 0 Å². The molecule has 8 aromatic rings. The third-order valence-electron chi connectivity index (χ3n) is 8.33. The van der Waals surface area contributed by atoms with E-state index < -0.39 is 0 Å². The lowest BCUT2D eigenvalue weighted by atomic mass is 9.80. The first kappa shape index (κ1) is 26.3. The Labute approximate surface area is 261 Å². The molecule has 0 unspecified atom stereocenters. The second-order valence-electron chi connectivity index (χ2n) is 11.0. The molecule has 44 heavy (non-hydrogen) atoms. The van der Waals surface area contributed by atoms with Gasteiger partial charge in [0.1, 0.15) is 11.2 Å². The smallest absolute Gasteiger partial charge is 0.144 e. The van der Waals surface area contributed by atoms with E-state index in [9.17, 15) is 0 Å². The van der Waals surface area contributed by atoms with Gasteiger partial charge in [0.15, 0.2) is 0 Å². The van der Waals surface area contributed by atoms with Crippen molar-refractivity contribution in [2.75, 3.05) is 0 Å². The van der Waals surface area contributed by atoms with Crippen molar-refractivity contribution in [1.82, 2.24) is 0 Å². The molecule has 0 N–H and O–H groups in total. The molecule has 8 rings (SSSR count). The first-order valence-electron chi connectivity index (χ1n) is 14.8. The molecule has 1 aromatic heterocycles. The average Bonchev–Trinajstić information content (AvgIpc) is 3.48. The first-order chi connectivity index (χ1) is 21.8. The molecule has 0 fully saturated rings. The Morgan fingerprint density at radius 2 is 0.818 bits per heavy atom. The summed E-state index contributed by atoms with van der Waals surface area (Å²) < 4.78 is 7.14. The second-order valence-corrected chi connectivity index (χ2v) is 11.4. The Kier molecular flexibility index (Phi) is 6.59. The van der Waals surface area contributed by atoms with Crippen LogP contribution in [0.15, 0.2) is 168 Å². The zero-order valence-electron chi connectivity index (χ0n) is 23.9. The molecule has 0 aliphatic carbocycles. The zero-order valence-corrected chi connectivity index (χ0v) is 24.6. The van der Waals surface area contributed by atoms with E-state index in [2.05, 4.69) is 146 Å². The van der Waals surface area contributed by atoms with Crippen LogP contribution in [0.5, 0.6) is 0 Å². The fourth-order valence-electron chi connectivity index (χ4n) is 6.48. The molecule has 0 atom stereocenters. The monoisotopic (exact) mass is 582 g/mol. The van der Waals surface area contributed by atoms with Gasteiger partial charge in [-0.1, -0.05) is 163 Å². The van der Waals surface area contributed by atoms with E-state index in [1.165, 1.54) is 5.56 Å². The fraction of sp³-hybridized carbons (Fsp3) is 0. The third-order valence-corrected chi connectivity index (χ3v) is 8.56. The van der Waals surface area contributed by atoms with Crippen molar-refractivity contribution >= 4 is 33.5 Å². The molecule has 2 heteroatoms. The van der Waals surface area contributed by atoms with Crippen LogP contribution in [0.1, 0.15) is 0 Å². The predicted molar refractivity (Wildman–Crippen MR) is 186 cm³/mol. The van der Waals surface area contributed by atoms with Gasteiger partial charge in [-0.3, -0.25) is 0 Å². The Balaban J connectivity index is 1.66. The van der Waals surface area contributed by atoms with Gasteiger partial charge in [-0.05, 0) is 45.5 Å². The van der Waals surface area contributed by atoms with Crippen LogP contribution in [-0.4, -0.2) is 0 Å². The Bertz CT molecular complexity index is 2250. The molecule has 1 heterocycles. The van der Waals surface area contributed by atoms with Crippen LogP contribution >= 0.6 is 11.6 Å². The number of rotatable bonds is 5. The van der Waals surface area contributed by atoms with E-state index in [0.29, 0.717) is 5.02 Å². The van der Waals surface area contributed by atoms with Crippen LogP contribution in [-0.2, 0) is 0 Å². The van der Waals surface area contributed by atoms with Crippen molar-refractivity contribution in [1.29, 1.82) is 0 Å². The maximum Gasteiger partial charge on any atom is 0.144 e. The lowest BCUT2D eigenvalue weighted by Crippen LogP contribution is -1.96. The van der Waals surface area contributed by atoms with Crippen molar-refractivity contribution in [2.24, 2.45) is 0 Å². The van der Waals surface area contributed by atoms with Gasteiger partial charge in [-0.2, -0.15) is 0 Å². The van der Waals surface area contributed by atoms with Crippen LogP contribution in [0, 0.1) is 0 Å². The molecular formula is C42H27ClO. The van der Waals surface area contributed by atoms with Gasteiger partial charge in [0.25, 0.3) is 0 Å². The van der Waals surface area contributed by atoms with Gasteiger partial charge < -0.3 is 4.42 Å². The summed E-state index contributed by atoms with van der Waals surface area (Å²) in [5.74, 6) is 0. The summed E-state index contributed by atoms with van der Waals surface area (Å²) in [5.41, 5.74) is 12.9. The molecular weight excluding hydrogens is 556 g/mol. The molecule has 0 amide bonds. The summed E-state index contributed by atoms with van der Waals surface area (Å²) in [4.78, 5) is 0. The average molecular weight is 583 g/mol. The minimum atomic E-state index is 0.697. The molecule has 0 radical (unpaired) electrons. The highest BCUT2D eigenvalue weighted by molar-refractivity contribution is 6.31. The Hall–Kier alpha value is -5.37.